The monoisotopic (exact) mass is 248 g/mol. The third kappa shape index (κ3) is 2.29. The second kappa shape index (κ2) is 4.55. The maximum Gasteiger partial charge on any atom is 0.216 e. The summed E-state index contributed by atoms with van der Waals surface area (Å²) < 4.78 is 5.17. The Labute approximate surface area is 103 Å². The number of ketones is 1. The van der Waals surface area contributed by atoms with E-state index in [-0.39, 0.29) is 5.78 Å². The highest BCUT2D eigenvalue weighted by atomic mass is 32.1. The van der Waals surface area contributed by atoms with Gasteiger partial charge >= 0.3 is 0 Å². The molecule has 4 nitrogen and oxygen atoms in total. The maximum atomic E-state index is 12.2. The number of hydrogen-bond donors (Lipinski definition) is 1. The van der Waals surface area contributed by atoms with E-state index in [0.29, 0.717) is 22.1 Å². The lowest BCUT2D eigenvalue weighted by atomic mass is 10.1. The van der Waals surface area contributed by atoms with E-state index in [1.165, 1.54) is 18.4 Å². The molecule has 88 valence electrons. The molecular weight excluding hydrogens is 236 g/mol. The number of hydrogen-bond acceptors (Lipinski definition) is 5. The number of nitrogens with zero attached hydrogens (tertiary/aromatic N) is 1. The van der Waals surface area contributed by atoms with Crippen molar-refractivity contribution in [3.8, 4) is 5.75 Å². The summed E-state index contributed by atoms with van der Waals surface area (Å²) in [5.41, 5.74) is 7.39. The van der Waals surface area contributed by atoms with Crippen molar-refractivity contribution in [3.63, 3.8) is 0 Å². The summed E-state index contributed by atoms with van der Waals surface area (Å²) >= 11 is 1.25. The summed E-state index contributed by atoms with van der Waals surface area (Å²) in [7, 11) is 1.54. The van der Waals surface area contributed by atoms with E-state index in [9.17, 15) is 4.79 Å². The zero-order chi connectivity index (χ0) is 12.4. The Morgan fingerprint density at radius 1 is 1.47 bits per heavy atom. The van der Waals surface area contributed by atoms with E-state index in [4.69, 9.17) is 10.5 Å². The number of methoxy groups -OCH3 is 1. The van der Waals surface area contributed by atoms with Crippen LogP contribution in [0.2, 0.25) is 0 Å². The van der Waals surface area contributed by atoms with Gasteiger partial charge in [-0.15, -0.1) is 11.3 Å². The van der Waals surface area contributed by atoms with Gasteiger partial charge in [0.25, 0.3) is 0 Å². The largest absolute Gasteiger partial charge is 0.496 e. The van der Waals surface area contributed by atoms with Crippen LogP contribution in [0.3, 0.4) is 0 Å². The first-order valence-corrected chi connectivity index (χ1v) is 5.90. The predicted octanol–water partition coefficient (Wildman–Crippen LogP) is 2.27. The quantitative estimate of drug-likeness (QED) is 0.846. The van der Waals surface area contributed by atoms with Crippen LogP contribution in [-0.4, -0.2) is 17.9 Å². The van der Waals surface area contributed by atoms with Gasteiger partial charge in [-0.05, 0) is 19.1 Å². The van der Waals surface area contributed by atoms with E-state index < -0.39 is 0 Å². The highest BCUT2D eigenvalue weighted by Crippen LogP contribution is 2.24. The average Bonchev–Trinajstić information content (AvgIpc) is 2.75. The van der Waals surface area contributed by atoms with E-state index in [0.717, 1.165) is 5.56 Å². The van der Waals surface area contributed by atoms with Gasteiger partial charge in [0.15, 0.2) is 5.13 Å². The number of aromatic nitrogens is 1. The smallest absolute Gasteiger partial charge is 0.216 e. The first-order chi connectivity index (χ1) is 8.11. The Bertz CT molecular complexity index is 563. The molecule has 1 aromatic heterocycles. The van der Waals surface area contributed by atoms with Crippen molar-refractivity contribution in [2.45, 2.75) is 6.92 Å². The highest BCUT2D eigenvalue weighted by Gasteiger charge is 2.17. The number of thiazole rings is 1. The molecule has 5 heteroatoms. The van der Waals surface area contributed by atoms with Crippen LogP contribution in [0.15, 0.2) is 23.6 Å². The molecule has 0 aliphatic rings. The lowest BCUT2D eigenvalue weighted by Gasteiger charge is -2.07. The molecule has 2 N–H and O–H groups in total. The highest BCUT2D eigenvalue weighted by molar-refractivity contribution is 7.13. The number of anilines is 1. The Balaban J connectivity index is 2.46. The number of carbonyl (C=O) groups excluding carboxylic acids is 1. The van der Waals surface area contributed by atoms with Crippen LogP contribution in [0.5, 0.6) is 5.75 Å². The molecule has 0 saturated carbocycles. The SMILES string of the molecule is COc1ccc(C)cc1C(=O)c1csc(N)n1. The zero-order valence-electron chi connectivity index (χ0n) is 9.56. The summed E-state index contributed by atoms with van der Waals surface area (Å²) in [5.74, 6) is 0.380. The van der Waals surface area contributed by atoms with Gasteiger partial charge in [-0.2, -0.15) is 0 Å². The molecule has 0 saturated heterocycles. The summed E-state index contributed by atoms with van der Waals surface area (Å²) in [5, 5.41) is 2.04. The Morgan fingerprint density at radius 3 is 2.82 bits per heavy atom. The van der Waals surface area contributed by atoms with E-state index in [2.05, 4.69) is 4.98 Å². The predicted molar refractivity (Wildman–Crippen MR) is 67.7 cm³/mol. The fraction of sp³-hybridized carbons (Fsp3) is 0.167. The van der Waals surface area contributed by atoms with Crippen LogP contribution in [0.4, 0.5) is 5.13 Å². The molecule has 0 amide bonds. The minimum absolute atomic E-state index is 0.168. The molecule has 0 aliphatic carbocycles. The molecule has 1 heterocycles. The van der Waals surface area contributed by atoms with Gasteiger partial charge < -0.3 is 10.5 Å². The molecule has 2 rings (SSSR count). The van der Waals surface area contributed by atoms with Gasteiger partial charge in [0, 0.05) is 5.38 Å². The standard InChI is InChI=1S/C12H12N2O2S/c1-7-3-4-10(16-2)8(5-7)11(15)9-6-17-12(13)14-9/h3-6H,1-2H3,(H2,13,14). The zero-order valence-corrected chi connectivity index (χ0v) is 10.4. The topological polar surface area (TPSA) is 65.2 Å². The van der Waals surface area contributed by atoms with Crippen LogP contribution < -0.4 is 10.5 Å². The second-order valence-corrected chi connectivity index (χ2v) is 4.49. The lowest BCUT2D eigenvalue weighted by Crippen LogP contribution is -2.05. The minimum Gasteiger partial charge on any atom is -0.496 e. The van der Waals surface area contributed by atoms with Crippen molar-refractivity contribution >= 4 is 22.3 Å². The molecule has 1 aromatic carbocycles. The summed E-state index contributed by atoms with van der Waals surface area (Å²) in [6.07, 6.45) is 0. The number of rotatable bonds is 3. The minimum atomic E-state index is -0.168. The lowest BCUT2D eigenvalue weighted by molar-refractivity contribution is 0.103. The third-order valence-corrected chi connectivity index (χ3v) is 3.03. The summed E-state index contributed by atoms with van der Waals surface area (Å²) in [6.45, 7) is 1.92. The number of nitrogen functional groups attached to an aromatic ring is 1. The van der Waals surface area contributed by atoms with Gasteiger partial charge in [-0.1, -0.05) is 11.6 Å². The van der Waals surface area contributed by atoms with Crippen molar-refractivity contribution in [2.75, 3.05) is 12.8 Å². The molecule has 0 spiro atoms. The first kappa shape index (κ1) is 11.6. The van der Waals surface area contributed by atoms with Gasteiger partial charge in [0.2, 0.25) is 5.78 Å². The Hall–Kier alpha value is -1.88. The average molecular weight is 248 g/mol. The number of benzene rings is 1. The molecule has 0 aliphatic heterocycles. The van der Waals surface area contributed by atoms with Crippen molar-refractivity contribution in [2.24, 2.45) is 0 Å². The van der Waals surface area contributed by atoms with E-state index >= 15 is 0 Å². The second-order valence-electron chi connectivity index (χ2n) is 3.60. The molecule has 17 heavy (non-hydrogen) atoms. The van der Waals surface area contributed by atoms with Crippen LogP contribution in [0.25, 0.3) is 0 Å². The van der Waals surface area contributed by atoms with Crippen LogP contribution in [0, 0.1) is 6.92 Å². The van der Waals surface area contributed by atoms with Crippen molar-refractivity contribution < 1.29 is 9.53 Å². The van der Waals surface area contributed by atoms with Crippen LogP contribution >= 0.6 is 11.3 Å². The Morgan fingerprint density at radius 2 is 2.24 bits per heavy atom. The normalized spacial score (nSPS) is 10.2. The molecule has 0 atom stereocenters. The van der Waals surface area contributed by atoms with Gasteiger partial charge in [0.05, 0.1) is 12.7 Å². The van der Waals surface area contributed by atoms with Crippen LogP contribution in [0.1, 0.15) is 21.6 Å². The number of ether oxygens (including phenoxy) is 1. The molecule has 0 fully saturated rings. The number of aryl methyl sites for hydroxylation is 1. The fourth-order valence-electron chi connectivity index (χ4n) is 1.53. The number of nitrogens with two attached hydrogens (primary N) is 1. The molecule has 0 radical (unpaired) electrons. The molecular formula is C12H12N2O2S. The van der Waals surface area contributed by atoms with Gasteiger partial charge in [0.1, 0.15) is 11.4 Å². The number of carbonyl (C=O) groups is 1. The molecule has 2 aromatic rings. The van der Waals surface area contributed by atoms with E-state index in [1.807, 2.05) is 13.0 Å². The van der Waals surface area contributed by atoms with Crippen LogP contribution in [-0.2, 0) is 0 Å². The summed E-state index contributed by atoms with van der Waals surface area (Å²) in [4.78, 5) is 16.2. The summed E-state index contributed by atoms with van der Waals surface area (Å²) in [6, 6.07) is 5.46. The van der Waals surface area contributed by atoms with Crippen molar-refractivity contribution in [1.29, 1.82) is 0 Å². The first-order valence-electron chi connectivity index (χ1n) is 5.02. The van der Waals surface area contributed by atoms with E-state index in [1.54, 1.807) is 17.5 Å². The third-order valence-electron chi connectivity index (χ3n) is 2.35. The fourth-order valence-corrected chi connectivity index (χ4v) is 2.07. The van der Waals surface area contributed by atoms with Gasteiger partial charge in [-0.3, -0.25) is 4.79 Å². The molecule has 0 bridgehead atoms. The molecule has 0 unspecified atom stereocenters. The van der Waals surface area contributed by atoms with Crippen molar-refractivity contribution in [3.05, 3.63) is 40.4 Å². The van der Waals surface area contributed by atoms with Gasteiger partial charge in [-0.25, -0.2) is 4.98 Å². The maximum absolute atomic E-state index is 12.2. The Kier molecular flexibility index (Phi) is 3.10. The van der Waals surface area contributed by atoms with Crippen molar-refractivity contribution in [1.82, 2.24) is 4.98 Å².